The molecule has 2 heterocycles. The van der Waals surface area contributed by atoms with Crippen molar-refractivity contribution in [3.8, 4) is 11.4 Å². The number of nitrogens with zero attached hydrogens (tertiary/aromatic N) is 1. The zero-order chi connectivity index (χ0) is 14.7. The van der Waals surface area contributed by atoms with E-state index in [9.17, 15) is 4.79 Å². The number of halogens is 2. The lowest BCUT2D eigenvalue weighted by Gasteiger charge is -2.27. The highest BCUT2D eigenvalue weighted by Crippen LogP contribution is 2.22. The lowest BCUT2D eigenvalue weighted by molar-refractivity contribution is -0.120. The predicted molar refractivity (Wildman–Crippen MR) is 97.3 cm³/mol. The van der Waals surface area contributed by atoms with Gasteiger partial charge in [0, 0.05) is 35.6 Å². The molecule has 1 aromatic carbocycles. The van der Waals surface area contributed by atoms with E-state index in [1.54, 1.807) is 12.4 Å². The molecule has 2 aromatic rings. The Morgan fingerprint density at radius 3 is 2.87 bits per heavy atom. The molecule has 0 bridgehead atoms. The number of aromatic amines is 1. The fourth-order valence-corrected chi connectivity index (χ4v) is 2.78. The van der Waals surface area contributed by atoms with Gasteiger partial charge in [0.15, 0.2) is 0 Å². The number of rotatable bonds is 3. The van der Waals surface area contributed by atoms with Crippen molar-refractivity contribution in [2.45, 2.75) is 25.8 Å². The highest BCUT2D eigenvalue weighted by Gasteiger charge is 2.24. The molecule has 7 heteroatoms. The molecule has 5 nitrogen and oxygen atoms in total. The molecule has 3 rings (SSSR count). The summed E-state index contributed by atoms with van der Waals surface area (Å²) in [6.07, 6.45) is 5.30. The van der Waals surface area contributed by atoms with Crippen LogP contribution in [0.3, 0.4) is 0 Å². The second-order valence-electron chi connectivity index (χ2n) is 5.58. The number of piperidine rings is 1. The third kappa shape index (κ3) is 4.96. The summed E-state index contributed by atoms with van der Waals surface area (Å²) in [7, 11) is 0. The summed E-state index contributed by atoms with van der Waals surface area (Å²) in [6, 6.07) is 8.17. The monoisotopic (exact) mass is 356 g/mol. The first-order valence-electron chi connectivity index (χ1n) is 7.36. The summed E-state index contributed by atoms with van der Waals surface area (Å²) in [5.41, 5.74) is 1.79. The number of nitrogens with one attached hydrogen (secondary N) is 3. The van der Waals surface area contributed by atoms with Crippen LogP contribution in [0.5, 0.6) is 0 Å². The van der Waals surface area contributed by atoms with Crippen LogP contribution >= 0.6 is 24.8 Å². The molecule has 3 N–H and O–H groups in total. The van der Waals surface area contributed by atoms with E-state index in [0.717, 1.165) is 36.5 Å². The molecular weight excluding hydrogens is 335 g/mol. The van der Waals surface area contributed by atoms with Crippen LogP contribution in [0.25, 0.3) is 11.4 Å². The number of imidazole rings is 1. The molecule has 1 aliphatic rings. The zero-order valence-corrected chi connectivity index (χ0v) is 14.5. The van der Waals surface area contributed by atoms with Crippen LogP contribution in [-0.4, -0.2) is 28.5 Å². The van der Waals surface area contributed by atoms with Crippen molar-refractivity contribution in [1.82, 2.24) is 15.3 Å². The fourth-order valence-electron chi connectivity index (χ4n) is 2.78. The van der Waals surface area contributed by atoms with Gasteiger partial charge in [-0.3, -0.25) is 4.79 Å². The topological polar surface area (TPSA) is 69.8 Å². The van der Waals surface area contributed by atoms with Crippen molar-refractivity contribution in [3.05, 3.63) is 36.7 Å². The smallest absolute Gasteiger partial charge is 0.227 e. The summed E-state index contributed by atoms with van der Waals surface area (Å²) in [6.45, 7) is 3.03. The Morgan fingerprint density at radius 1 is 1.35 bits per heavy atom. The molecule has 1 aliphatic heterocycles. The van der Waals surface area contributed by atoms with Gasteiger partial charge in [0.25, 0.3) is 0 Å². The van der Waals surface area contributed by atoms with E-state index in [0.29, 0.717) is 6.04 Å². The second-order valence-corrected chi connectivity index (χ2v) is 5.58. The molecule has 0 aliphatic carbocycles. The second kappa shape index (κ2) is 8.91. The average Bonchev–Trinajstić information content (AvgIpc) is 3.02. The van der Waals surface area contributed by atoms with Crippen LogP contribution in [0.1, 0.15) is 19.8 Å². The zero-order valence-electron chi connectivity index (χ0n) is 12.9. The highest BCUT2D eigenvalue weighted by molar-refractivity contribution is 5.93. The number of hydrogen-bond acceptors (Lipinski definition) is 3. The number of anilines is 1. The van der Waals surface area contributed by atoms with Crippen LogP contribution < -0.4 is 10.6 Å². The fraction of sp³-hybridized carbons (Fsp3) is 0.375. The first kappa shape index (κ1) is 19.5. The van der Waals surface area contributed by atoms with Crippen LogP contribution in [-0.2, 0) is 4.79 Å². The van der Waals surface area contributed by atoms with Gasteiger partial charge in [0.1, 0.15) is 5.82 Å². The average molecular weight is 357 g/mol. The maximum Gasteiger partial charge on any atom is 0.227 e. The van der Waals surface area contributed by atoms with Gasteiger partial charge in [-0.2, -0.15) is 0 Å². The Morgan fingerprint density at radius 2 is 2.17 bits per heavy atom. The minimum atomic E-state index is 0. The third-order valence-corrected chi connectivity index (χ3v) is 3.90. The van der Waals surface area contributed by atoms with Crippen LogP contribution in [0.15, 0.2) is 36.7 Å². The van der Waals surface area contributed by atoms with Crippen LogP contribution in [0, 0.1) is 5.92 Å². The Bertz CT molecular complexity index is 618. The molecule has 1 aromatic heterocycles. The number of benzene rings is 1. The summed E-state index contributed by atoms with van der Waals surface area (Å²) >= 11 is 0. The number of hydrogen-bond donors (Lipinski definition) is 3. The van der Waals surface area contributed by atoms with E-state index in [-0.39, 0.29) is 36.6 Å². The quantitative estimate of drug-likeness (QED) is 0.790. The van der Waals surface area contributed by atoms with Crippen molar-refractivity contribution < 1.29 is 4.79 Å². The molecule has 0 spiro atoms. The Labute approximate surface area is 148 Å². The molecule has 2 atom stereocenters. The van der Waals surface area contributed by atoms with Crippen LogP contribution in [0.4, 0.5) is 5.69 Å². The summed E-state index contributed by atoms with van der Waals surface area (Å²) in [5.74, 6) is 1.01. The van der Waals surface area contributed by atoms with Gasteiger partial charge in [-0.25, -0.2) is 4.98 Å². The largest absolute Gasteiger partial charge is 0.345 e. The molecule has 0 unspecified atom stereocenters. The Kier molecular flexibility index (Phi) is 7.55. The predicted octanol–water partition coefficient (Wildman–Crippen LogP) is 3.25. The van der Waals surface area contributed by atoms with Crippen molar-refractivity contribution in [2.24, 2.45) is 5.92 Å². The first-order valence-corrected chi connectivity index (χ1v) is 7.36. The molecule has 126 valence electrons. The number of H-pyrrole nitrogens is 1. The van der Waals surface area contributed by atoms with E-state index < -0.39 is 0 Å². The van der Waals surface area contributed by atoms with Crippen molar-refractivity contribution in [2.75, 3.05) is 11.9 Å². The Balaban J connectivity index is 0.00000132. The van der Waals surface area contributed by atoms with Gasteiger partial charge in [-0.15, -0.1) is 24.8 Å². The normalized spacial score (nSPS) is 20.0. The van der Waals surface area contributed by atoms with E-state index in [1.165, 1.54) is 0 Å². The number of aromatic nitrogens is 2. The van der Waals surface area contributed by atoms with Crippen molar-refractivity contribution in [1.29, 1.82) is 0 Å². The van der Waals surface area contributed by atoms with E-state index in [1.807, 2.05) is 24.3 Å². The van der Waals surface area contributed by atoms with Gasteiger partial charge in [0.05, 0.1) is 0 Å². The minimum Gasteiger partial charge on any atom is -0.345 e. The number of carbonyl (C=O) groups excluding carboxylic acids is 1. The first-order chi connectivity index (χ1) is 10.2. The van der Waals surface area contributed by atoms with Crippen molar-refractivity contribution in [3.63, 3.8) is 0 Å². The summed E-state index contributed by atoms with van der Waals surface area (Å²) in [5, 5.41) is 6.39. The van der Waals surface area contributed by atoms with Gasteiger partial charge >= 0.3 is 0 Å². The van der Waals surface area contributed by atoms with Gasteiger partial charge in [-0.1, -0.05) is 12.1 Å². The lowest BCUT2D eigenvalue weighted by Crippen LogP contribution is -2.40. The minimum absolute atomic E-state index is 0. The van der Waals surface area contributed by atoms with E-state index >= 15 is 0 Å². The molecule has 1 amide bonds. The molecular formula is C16H22Cl2N4O. The molecule has 0 saturated carbocycles. The van der Waals surface area contributed by atoms with E-state index in [2.05, 4.69) is 27.5 Å². The number of carbonyl (C=O) groups is 1. The maximum atomic E-state index is 12.3. The highest BCUT2D eigenvalue weighted by atomic mass is 35.5. The molecule has 23 heavy (non-hydrogen) atoms. The molecule has 0 radical (unpaired) electrons. The van der Waals surface area contributed by atoms with Crippen LogP contribution in [0.2, 0.25) is 0 Å². The molecule has 1 saturated heterocycles. The van der Waals surface area contributed by atoms with E-state index in [4.69, 9.17) is 0 Å². The SMILES string of the molecule is C[C@H]1C[C@@H](C(=O)Nc2cccc(-c3ncc[nH]3)c2)CCN1.Cl.Cl. The van der Waals surface area contributed by atoms with Gasteiger partial charge in [0.2, 0.25) is 5.91 Å². The lowest BCUT2D eigenvalue weighted by atomic mass is 9.92. The maximum absolute atomic E-state index is 12.3. The third-order valence-electron chi connectivity index (χ3n) is 3.90. The Hall–Kier alpha value is -1.56. The van der Waals surface area contributed by atoms with Gasteiger partial charge < -0.3 is 15.6 Å². The number of amides is 1. The van der Waals surface area contributed by atoms with Crippen molar-refractivity contribution >= 4 is 36.4 Å². The van der Waals surface area contributed by atoms with Gasteiger partial charge in [-0.05, 0) is 38.4 Å². The standard InChI is InChI=1S/C16H20N4O.2ClH/c1-11-9-13(5-6-17-11)16(21)20-14-4-2-3-12(10-14)15-18-7-8-19-15;;/h2-4,7-8,10-11,13,17H,5-6,9H2,1H3,(H,18,19)(H,20,21);2*1H/t11-,13-;;/m0../s1. The molecule has 1 fully saturated rings. The summed E-state index contributed by atoms with van der Waals surface area (Å²) in [4.78, 5) is 19.6. The summed E-state index contributed by atoms with van der Waals surface area (Å²) < 4.78 is 0.